The van der Waals surface area contributed by atoms with Gasteiger partial charge in [0.05, 0.1) is 23.8 Å². The van der Waals surface area contributed by atoms with E-state index in [0.717, 1.165) is 16.2 Å². The molecule has 228 valence electrons. The van der Waals surface area contributed by atoms with E-state index in [1.165, 1.54) is 0 Å². The Balaban J connectivity index is 1.30. The summed E-state index contributed by atoms with van der Waals surface area (Å²) in [6.45, 7) is 1.89. The second-order valence-electron chi connectivity index (χ2n) is 10.6. The number of pyridine rings is 1. The lowest BCUT2D eigenvalue weighted by molar-refractivity contribution is -0.268. The zero-order chi connectivity index (χ0) is 30.6. The summed E-state index contributed by atoms with van der Waals surface area (Å²) in [5.41, 5.74) is 2.82. The van der Waals surface area contributed by atoms with Crippen LogP contribution in [0.4, 0.5) is 18.9 Å². The maximum Gasteiger partial charge on any atom is 0.471 e. The number of hydrogen-bond donors (Lipinski definition) is 2. The van der Waals surface area contributed by atoms with E-state index in [4.69, 9.17) is 9.47 Å². The summed E-state index contributed by atoms with van der Waals surface area (Å²) >= 11 is 1.59. The summed E-state index contributed by atoms with van der Waals surface area (Å²) in [4.78, 5) is 29.6. The van der Waals surface area contributed by atoms with Crippen LogP contribution in [0.15, 0.2) is 78.0 Å². The van der Waals surface area contributed by atoms with Crippen LogP contribution in [-0.4, -0.2) is 57.4 Å². The molecule has 3 heterocycles. The van der Waals surface area contributed by atoms with Gasteiger partial charge in [-0.2, -0.15) is 13.2 Å². The highest BCUT2D eigenvalue weighted by Crippen LogP contribution is 2.43. The highest BCUT2D eigenvalue weighted by molar-refractivity contribution is 7.99. The summed E-state index contributed by atoms with van der Waals surface area (Å²) in [7, 11) is 0. The Morgan fingerprint density at radius 2 is 1.77 bits per heavy atom. The molecule has 2 saturated heterocycles. The molecule has 43 heavy (non-hydrogen) atoms. The molecular weight excluding hydrogens is 583 g/mol. The van der Waals surface area contributed by atoms with Crippen molar-refractivity contribution in [3.05, 3.63) is 89.6 Å². The largest absolute Gasteiger partial charge is 0.471 e. The van der Waals surface area contributed by atoms with Crippen LogP contribution in [0.3, 0.4) is 0 Å². The third-order valence-electron chi connectivity index (χ3n) is 7.67. The third kappa shape index (κ3) is 7.38. The first kappa shape index (κ1) is 31.0. The number of aliphatic hydroxyl groups excluding tert-OH is 1. The fraction of sp³-hybridized carbons (Fsp3) is 0.387. The summed E-state index contributed by atoms with van der Waals surface area (Å²) < 4.78 is 51.8. The topological polar surface area (TPSA) is 101 Å². The number of nitrogens with zero attached hydrogens (tertiary/aromatic N) is 2. The van der Waals surface area contributed by atoms with Gasteiger partial charge >= 0.3 is 12.1 Å². The van der Waals surface area contributed by atoms with Crippen LogP contribution in [0, 0.1) is 5.92 Å². The first-order valence-electron chi connectivity index (χ1n) is 14.0. The van der Waals surface area contributed by atoms with Crippen LogP contribution in [0.25, 0.3) is 0 Å². The molecule has 0 radical (unpaired) electrons. The van der Waals surface area contributed by atoms with Crippen LogP contribution >= 0.6 is 11.8 Å². The number of carbonyl (C=O) groups is 2. The monoisotopic (exact) mass is 615 g/mol. The van der Waals surface area contributed by atoms with Crippen molar-refractivity contribution < 1.29 is 37.3 Å². The molecule has 0 aliphatic carbocycles. The van der Waals surface area contributed by atoms with Gasteiger partial charge in [0.15, 0.2) is 6.29 Å². The number of anilines is 1. The maximum atomic E-state index is 13.0. The number of aliphatic hydroxyl groups is 1. The smallest absolute Gasteiger partial charge is 0.392 e. The van der Waals surface area contributed by atoms with Crippen molar-refractivity contribution in [2.24, 2.45) is 5.92 Å². The normalized spacial score (nSPS) is 24.1. The van der Waals surface area contributed by atoms with Crippen molar-refractivity contribution in [1.29, 1.82) is 0 Å². The van der Waals surface area contributed by atoms with E-state index in [2.05, 4.69) is 17.2 Å². The molecule has 12 heteroatoms. The Hall–Kier alpha value is -3.45. The summed E-state index contributed by atoms with van der Waals surface area (Å²) in [6, 6.07) is 18.9. The predicted molar refractivity (Wildman–Crippen MR) is 154 cm³/mol. The van der Waals surface area contributed by atoms with Gasteiger partial charge in [-0.25, -0.2) is 4.98 Å². The number of thioether (sulfide) groups is 1. The van der Waals surface area contributed by atoms with Gasteiger partial charge in [0.2, 0.25) is 5.91 Å². The molecular formula is C31H32F3N3O5S. The third-order valence-corrected chi connectivity index (χ3v) is 8.70. The van der Waals surface area contributed by atoms with Gasteiger partial charge in [-0.15, -0.1) is 11.8 Å². The minimum Gasteiger partial charge on any atom is -0.392 e. The molecule has 2 aromatic carbocycles. The lowest BCUT2D eigenvalue weighted by Gasteiger charge is -2.41. The van der Waals surface area contributed by atoms with E-state index in [9.17, 15) is 27.9 Å². The summed E-state index contributed by atoms with van der Waals surface area (Å²) in [5, 5.41) is 13.0. The van der Waals surface area contributed by atoms with Crippen molar-refractivity contribution in [3.63, 3.8) is 0 Å². The quantitative estimate of drug-likeness (QED) is 0.316. The Bertz CT molecular complexity index is 1390. The van der Waals surface area contributed by atoms with Gasteiger partial charge in [-0.1, -0.05) is 49.4 Å². The second kappa shape index (κ2) is 13.5. The molecule has 2 N–H and O–H groups in total. The Labute approximate surface area is 251 Å². The Kier molecular flexibility index (Phi) is 9.70. The van der Waals surface area contributed by atoms with Crippen LogP contribution < -0.4 is 5.32 Å². The molecule has 3 aromatic rings. The number of hydrogen-bond acceptors (Lipinski definition) is 7. The van der Waals surface area contributed by atoms with Crippen LogP contribution in [-0.2, 0) is 25.7 Å². The number of aromatic nitrogens is 1. The van der Waals surface area contributed by atoms with Crippen molar-refractivity contribution in [2.45, 2.75) is 62.1 Å². The standard InChI is InChI=1S/C31H32F3N3O5S/c1-19-25(18-43-26-6-2-3-15-35-26)41-29(42-27(19)21-9-7-20(17-38)8-10-21)22-11-13-23(14-12-22)36-28(39)24-5-4-16-37(24)30(40)31(32,33)34/h2-3,6-15,19,24-25,27,29,38H,4-5,16-18H2,1H3,(H,36,39). The number of rotatable bonds is 8. The van der Waals surface area contributed by atoms with Crippen LogP contribution in [0.5, 0.6) is 0 Å². The number of amides is 2. The molecule has 2 aliphatic rings. The minimum absolute atomic E-state index is 0.0141. The van der Waals surface area contributed by atoms with E-state index in [0.29, 0.717) is 28.3 Å². The van der Waals surface area contributed by atoms with E-state index in [-0.39, 0.29) is 37.7 Å². The van der Waals surface area contributed by atoms with Crippen molar-refractivity contribution in [2.75, 3.05) is 17.6 Å². The van der Waals surface area contributed by atoms with Gasteiger partial charge in [0, 0.05) is 35.7 Å². The molecule has 0 spiro atoms. The number of halogens is 3. The first-order valence-corrected chi connectivity index (χ1v) is 15.0. The number of carbonyl (C=O) groups excluding carboxylic acids is 2. The number of ether oxygens (including phenoxy) is 2. The number of likely N-dealkylation sites (tertiary alicyclic amines) is 1. The van der Waals surface area contributed by atoms with Gasteiger partial charge in [-0.05, 0) is 48.2 Å². The van der Waals surface area contributed by atoms with Gasteiger partial charge in [-0.3, -0.25) is 9.59 Å². The van der Waals surface area contributed by atoms with Gasteiger partial charge in [0.25, 0.3) is 0 Å². The SMILES string of the molecule is CC1C(CSc2ccccn2)OC(c2ccc(NC(=O)C3CCCN3C(=O)C(F)(F)F)cc2)OC1c1ccc(CO)cc1. The van der Waals surface area contributed by atoms with Gasteiger partial charge in [0.1, 0.15) is 6.04 Å². The lowest BCUT2D eigenvalue weighted by Crippen LogP contribution is -2.48. The predicted octanol–water partition coefficient (Wildman–Crippen LogP) is 5.65. The molecule has 2 fully saturated rings. The van der Waals surface area contributed by atoms with E-state index < -0.39 is 30.3 Å². The first-order chi connectivity index (χ1) is 20.6. The lowest BCUT2D eigenvalue weighted by atomic mass is 9.91. The average Bonchev–Trinajstić information content (AvgIpc) is 3.51. The highest BCUT2D eigenvalue weighted by Gasteiger charge is 2.47. The second-order valence-corrected chi connectivity index (χ2v) is 11.6. The number of benzene rings is 2. The van der Waals surface area contributed by atoms with E-state index in [1.54, 1.807) is 42.2 Å². The molecule has 2 aliphatic heterocycles. The minimum atomic E-state index is -5.03. The summed E-state index contributed by atoms with van der Waals surface area (Å²) in [6.07, 6.45) is -4.05. The van der Waals surface area contributed by atoms with Crippen molar-refractivity contribution in [3.8, 4) is 0 Å². The zero-order valence-corrected chi connectivity index (χ0v) is 24.2. The fourth-order valence-corrected chi connectivity index (χ4v) is 6.33. The molecule has 0 bridgehead atoms. The summed E-state index contributed by atoms with van der Waals surface area (Å²) in [5.74, 6) is -2.05. The molecule has 2 amide bonds. The van der Waals surface area contributed by atoms with Crippen molar-refractivity contribution in [1.82, 2.24) is 9.88 Å². The molecule has 0 saturated carbocycles. The number of alkyl halides is 3. The number of nitrogens with one attached hydrogen (secondary N) is 1. The van der Waals surface area contributed by atoms with Crippen LogP contribution in [0.1, 0.15) is 48.8 Å². The van der Waals surface area contributed by atoms with Crippen molar-refractivity contribution >= 4 is 29.3 Å². The van der Waals surface area contributed by atoms with Crippen LogP contribution in [0.2, 0.25) is 0 Å². The zero-order valence-electron chi connectivity index (χ0n) is 23.4. The highest BCUT2D eigenvalue weighted by atomic mass is 32.2. The molecule has 5 unspecified atom stereocenters. The van der Waals surface area contributed by atoms with E-state index in [1.807, 2.05) is 42.5 Å². The van der Waals surface area contributed by atoms with E-state index >= 15 is 0 Å². The Morgan fingerprint density at radius 3 is 2.42 bits per heavy atom. The molecule has 1 aromatic heterocycles. The van der Waals surface area contributed by atoms with Gasteiger partial charge < -0.3 is 24.8 Å². The maximum absolute atomic E-state index is 13.0. The average molecular weight is 616 g/mol. The molecule has 5 rings (SSSR count). The Morgan fingerprint density at radius 1 is 1.05 bits per heavy atom. The molecule has 5 atom stereocenters. The fourth-order valence-electron chi connectivity index (χ4n) is 5.30. The molecule has 8 nitrogen and oxygen atoms in total.